The SMILES string of the molecule is Nc1cc(S(=O)(=O)N(Cl)c2ccccc2Cl)ccc1Cl. The third-order valence-corrected chi connectivity index (χ3v) is 5.38. The molecule has 0 saturated heterocycles. The molecule has 0 aliphatic heterocycles. The van der Waals surface area contributed by atoms with Crippen LogP contribution in [0.25, 0.3) is 0 Å². The molecule has 0 saturated carbocycles. The number of nitrogens with zero attached hydrogens (tertiary/aromatic N) is 1. The number of hydrogen-bond donors (Lipinski definition) is 1. The number of rotatable bonds is 3. The molecule has 0 amide bonds. The van der Waals surface area contributed by atoms with E-state index in [1.165, 1.54) is 30.3 Å². The topological polar surface area (TPSA) is 63.4 Å². The van der Waals surface area contributed by atoms with Crippen LogP contribution in [-0.2, 0) is 10.0 Å². The molecule has 0 spiro atoms. The molecule has 8 heteroatoms. The Labute approximate surface area is 131 Å². The van der Waals surface area contributed by atoms with Gasteiger partial charge in [0.25, 0.3) is 10.0 Å². The van der Waals surface area contributed by atoms with E-state index in [0.29, 0.717) is 3.82 Å². The molecule has 2 aromatic rings. The molecular formula is C12H9Cl3N2O2S. The predicted octanol–water partition coefficient (Wildman–Crippen LogP) is 3.92. The zero-order valence-electron chi connectivity index (χ0n) is 9.92. The maximum Gasteiger partial charge on any atom is 0.278 e. The van der Waals surface area contributed by atoms with Crippen molar-refractivity contribution < 1.29 is 8.42 Å². The minimum absolute atomic E-state index is 0.0747. The zero-order chi connectivity index (χ0) is 14.9. The summed E-state index contributed by atoms with van der Waals surface area (Å²) in [4.78, 5) is -0.0747. The van der Waals surface area contributed by atoms with E-state index in [1.807, 2.05) is 0 Å². The third kappa shape index (κ3) is 2.81. The van der Waals surface area contributed by atoms with Gasteiger partial charge in [0.1, 0.15) is 0 Å². The smallest absolute Gasteiger partial charge is 0.278 e. The highest BCUT2D eigenvalue weighted by Gasteiger charge is 2.25. The van der Waals surface area contributed by atoms with Crippen LogP contribution in [0.5, 0.6) is 0 Å². The lowest BCUT2D eigenvalue weighted by Crippen LogP contribution is -2.21. The Morgan fingerprint density at radius 1 is 1.00 bits per heavy atom. The Bertz CT molecular complexity index is 750. The molecule has 0 radical (unpaired) electrons. The molecule has 0 aliphatic rings. The number of hydrogen-bond acceptors (Lipinski definition) is 3. The predicted molar refractivity (Wildman–Crippen MR) is 82.8 cm³/mol. The zero-order valence-corrected chi connectivity index (χ0v) is 13.0. The molecule has 0 heterocycles. The quantitative estimate of drug-likeness (QED) is 0.673. The molecule has 2 N–H and O–H groups in total. The Balaban J connectivity index is 2.50. The van der Waals surface area contributed by atoms with E-state index >= 15 is 0 Å². The number of para-hydroxylation sites is 1. The molecule has 0 bridgehead atoms. The van der Waals surface area contributed by atoms with Crippen molar-refractivity contribution >= 4 is 56.4 Å². The lowest BCUT2D eigenvalue weighted by molar-refractivity contribution is 0.598. The normalized spacial score (nSPS) is 11.3. The standard InChI is InChI=1S/C12H9Cl3N2O2S/c13-9-6-5-8(7-11(9)16)20(18,19)17(15)12-4-2-1-3-10(12)14/h1-7H,16H2. The first-order valence-corrected chi connectivity index (χ1v) is 7.88. The second-order valence-electron chi connectivity index (χ2n) is 3.85. The summed E-state index contributed by atoms with van der Waals surface area (Å²) in [6.45, 7) is 0. The number of nitrogen functional groups attached to an aromatic ring is 1. The summed E-state index contributed by atoms with van der Waals surface area (Å²) in [5.74, 6) is 0. The van der Waals surface area contributed by atoms with Gasteiger partial charge in [0.05, 0.1) is 26.3 Å². The van der Waals surface area contributed by atoms with Gasteiger partial charge in [0.2, 0.25) is 0 Å². The number of benzene rings is 2. The maximum absolute atomic E-state index is 12.4. The van der Waals surface area contributed by atoms with Crippen molar-refractivity contribution in [1.29, 1.82) is 0 Å². The summed E-state index contributed by atoms with van der Waals surface area (Å²) in [6.07, 6.45) is 0. The fraction of sp³-hybridized carbons (Fsp3) is 0. The van der Waals surface area contributed by atoms with Crippen LogP contribution in [0.4, 0.5) is 11.4 Å². The molecule has 0 aromatic heterocycles. The van der Waals surface area contributed by atoms with Crippen LogP contribution in [0.2, 0.25) is 10.0 Å². The number of nitrogens with two attached hydrogens (primary N) is 1. The third-order valence-electron chi connectivity index (χ3n) is 2.52. The van der Waals surface area contributed by atoms with Crippen LogP contribution in [0.1, 0.15) is 0 Å². The number of anilines is 2. The molecule has 106 valence electrons. The van der Waals surface area contributed by atoms with Gasteiger partial charge in [0, 0.05) is 11.8 Å². The highest BCUT2D eigenvalue weighted by molar-refractivity contribution is 7.94. The monoisotopic (exact) mass is 350 g/mol. The van der Waals surface area contributed by atoms with Gasteiger partial charge in [-0.15, -0.1) is 0 Å². The van der Waals surface area contributed by atoms with Crippen LogP contribution < -0.4 is 9.56 Å². The van der Waals surface area contributed by atoms with Crippen molar-refractivity contribution in [2.24, 2.45) is 0 Å². The first-order chi connectivity index (χ1) is 9.34. The van der Waals surface area contributed by atoms with Crippen molar-refractivity contribution in [2.75, 3.05) is 9.56 Å². The Hall–Kier alpha value is -1.14. The van der Waals surface area contributed by atoms with E-state index in [0.717, 1.165) is 0 Å². The molecule has 2 aromatic carbocycles. The minimum Gasteiger partial charge on any atom is -0.397 e. The highest BCUT2D eigenvalue weighted by atomic mass is 35.5. The molecule has 0 atom stereocenters. The average Bonchev–Trinajstić information content (AvgIpc) is 2.41. The van der Waals surface area contributed by atoms with Gasteiger partial charge >= 0.3 is 0 Å². The molecule has 0 fully saturated rings. The second kappa shape index (κ2) is 5.69. The summed E-state index contributed by atoms with van der Waals surface area (Å²) in [6, 6.07) is 10.3. The van der Waals surface area contributed by atoms with Crippen molar-refractivity contribution in [3.8, 4) is 0 Å². The molecule has 0 unspecified atom stereocenters. The Morgan fingerprint density at radius 3 is 2.25 bits per heavy atom. The van der Waals surface area contributed by atoms with Gasteiger partial charge in [-0.25, -0.2) is 0 Å². The fourth-order valence-electron chi connectivity index (χ4n) is 1.50. The van der Waals surface area contributed by atoms with Crippen LogP contribution in [0.15, 0.2) is 47.4 Å². The lowest BCUT2D eigenvalue weighted by atomic mass is 10.3. The summed E-state index contributed by atoms with van der Waals surface area (Å²) in [5, 5.41) is 0.482. The summed E-state index contributed by atoms with van der Waals surface area (Å²) < 4.78 is 25.4. The summed E-state index contributed by atoms with van der Waals surface area (Å²) in [7, 11) is -3.98. The second-order valence-corrected chi connectivity index (χ2v) is 6.99. The van der Waals surface area contributed by atoms with Gasteiger partial charge in [-0.3, -0.25) is 0 Å². The van der Waals surface area contributed by atoms with Crippen molar-refractivity contribution in [3.05, 3.63) is 52.5 Å². The van der Waals surface area contributed by atoms with Crippen molar-refractivity contribution in [1.82, 2.24) is 0 Å². The van der Waals surface area contributed by atoms with Gasteiger partial charge < -0.3 is 5.73 Å². The van der Waals surface area contributed by atoms with Crippen molar-refractivity contribution in [3.63, 3.8) is 0 Å². The Morgan fingerprint density at radius 2 is 1.65 bits per heavy atom. The van der Waals surface area contributed by atoms with Crippen molar-refractivity contribution in [2.45, 2.75) is 4.90 Å². The van der Waals surface area contributed by atoms with Crippen LogP contribution >= 0.6 is 35.0 Å². The van der Waals surface area contributed by atoms with Gasteiger partial charge in [0.15, 0.2) is 0 Å². The van der Waals surface area contributed by atoms with E-state index in [2.05, 4.69) is 0 Å². The number of sulfonamides is 1. The first kappa shape index (κ1) is 15.3. The minimum atomic E-state index is -3.98. The fourth-order valence-corrected chi connectivity index (χ4v) is 3.44. The summed E-state index contributed by atoms with van der Waals surface area (Å²) >= 11 is 17.6. The first-order valence-electron chi connectivity index (χ1n) is 5.34. The van der Waals surface area contributed by atoms with E-state index in [-0.39, 0.29) is 26.3 Å². The molecule has 20 heavy (non-hydrogen) atoms. The summed E-state index contributed by atoms with van der Waals surface area (Å²) in [5.41, 5.74) is 5.91. The van der Waals surface area contributed by atoms with E-state index in [4.69, 9.17) is 40.7 Å². The molecule has 0 aliphatic carbocycles. The van der Waals surface area contributed by atoms with Crippen LogP contribution in [0.3, 0.4) is 0 Å². The lowest BCUT2D eigenvalue weighted by Gasteiger charge is -2.17. The molecule has 4 nitrogen and oxygen atoms in total. The Kier molecular flexibility index (Phi) is 4.34. The van der Waals surface area contributed by atoms with Gasteiger partial charge in [-0.2, -0.15) is 12.2 Å². The number of halogens is 3. The highest BCUT2D eigenvalue weighted by Crippen LogP contribution is 2.33. The van der Waals surface area contributed by atoms with E-state index in [1.54, 1.807) is 12.1 Å². The average molecular weight is 352 g/mol. The molecule has 2 rings (SSSR count). The van der Waals surface area contributed by atoms with E-state index in [9.17, 15) is 8.42 Å². The van der Waals surface area contributed by atoms with Gasteiger partial charge in [-0.1, -0.05) is 35.3 Å². The van der Waals surface area contributed by atoms with E-state index < -0.39 is 10.0 Å². The largest absolute Gasteiger partial charge is 0.397 e. The molecular weight excluding hydrogens is 343 g/mol. The maximum atomic E-state index is 12.4. The van der Waals surface area contributed by atoms with Crippen LogP contribution in [0, 0.1) is 0 Å². The van der Waals surface area contributed by atoms with Gasteiger partial charge in [-0.05, 0) is 30.3 Å². The van der Waals surface area contributed by atoms with Crippen LogP contribution in [-0.4, -0.2) is 8.42 Å².